The topological polar surface area (TPSA) is 47.3 Å². The highest BCUT2D eigenvalue weighted by atomic mass is 16.5. The molecule has 4 heteroatoms. The summed E-state index contributed by atoms with van der Waals surface area (Å²) in [5.41, 5.74) is 0.875. The molecule has 1 aromatic rings. The third-order valence-corrected chi connectivity index (χ3v) is 2.80. The lowest BCUT2D eigenvalue weighted by atomic mass is 9.94. The van der Waals surface area contributed by atoms with Crippen molar-refractivity contribution >= 4 is 0 Å². The monoisotopic (exact) mass is 196 g/mol. The third-order valence-electron chi connectivity index (χ3n) is 2.80. The summed E-state index contributed by atoms with van der Waals surface area (Å²) in [7, 11) is 1.85. The highest BCUT2D eigenvalue weighted by Gasteiger charge is 2.25. The van der Waals surface area contributed by atoms with Gasteiger partial charge in [0.15, 0.2) is 0 Å². The Hall–Kier alpha value is -0.870. The van der Waals surface area contributed by atoms with E-state index in [9.17, 15) is 5.11 Å². The lowest BCUT2D eigenvalue weighted by molar-refractivity contribution is -0.0128. The van der Waals surface area contributed by atoms with E-state index >= 15 is 0 Å². The zero-order chi connectivity index (χ0) is 9.97. The van der Waals surface area contributed by atoms with Crippen molar-refractivity contribution in [3.63, 3.8) is 0 Å². The molecular weight excluding hydrogens is 180 g/mol. The van der Waals surface area contributed by atoms with Crippen LogP contribution in [0.15, 0.2) is 12.3 Å². The fraction of sp³-hybridized carbons (Fsp3) is 0.700. The van der Waals surface area contributed by atoms with Gasteiger partial charge in [0, 0.05) is 25.8 Å². The van der Waals surface area contributed by atoms with Crippen LogP contribution in [0.2, 0.25) is 0 Å². The van der Waals surface area contributed by atoms with E-state index in [0.29, 0.717) is 6.61 Å². The van der Waals surface area contributed by atoms with Gasteiger partial charge in [-0.2, -0.15) is 5.10 Å². The minimum absolute atomic E-state index is 0.221. The smallest absolute Gasteiger partial charge is 0.101 e. The van der Waals surface area contributed by atoms with Crippen LogP contribution in [-0.4, -0.2) is 28.1 Å². The van der Waals surface area contributed by atoms with E-state index in [1.54, 1.807) is 10.9 Å². The number of aliphatic hydroxyl groups excluding tert-OH is 1. The van der Waals surface area contributed by atoms with Crippen molar-refractivity contribution in [3.8, 4) is 0 Å². The molecule has 0 bridgehead atoms. The van der Waals surface area contributed by atoms with E-state index in [4.69, 9.17) is 4.74 Å². The predicted octanol–water partition coefficient (Wildman–Crippen LogP) is 0.880. The van der Waals surface area contributed by atoms with Crippen LogP contribution in [0.3, 0.4) is 0 Å². The van der Waals surface area contributed by atoms with Crippen LogP contribution in [0.5, 0.6) is 0 Å². The Morgan fingerprint density at radius 3 is 3.14 bits per heavy atom. The van der Waals surface area contributed by atoms with Gasteiger partial charge >= 0.3 is 0 Å². The second kappa shape index (κ2) is 4.11. The first kappa shape index (κ1) is 9.68. The molecular formula is C10H16N2O2. The highest BCUT2D eigenvalue weighted by Crippen LogP contribution is 2.27. The summed E-state index contributed by atoms with van der Waals surface area (Å²) >= 11 is 0. The van der Waals surface area contributed by atoms with Gasteiger partial charge in [0.1, 0.15) is 6.10 Å². The van der Waals surface area contributed by atoms with E-state index in [-0.39, 0.29) is 5.92 Å². The maximum absolute atomic E-state index is 10.1. The lowest BCUT2D eigenvalue weighted by Gasteiger charge is -2.26. The first-order valence-electron chi connectivity index (χ1n) is 5.03. The van der Waals surface area contributed by atoms with Crippen LogP contribution in [-0.2, 0) is 11.8 Å². The Bertz CT molecular complexity index is 292. The third kappa shape index (κ3) is 1.81. The Balaban J connectivity index is 2.07. The summed E-state index contributed by atoms with van der Waals surface area (Å²) < 4.78 is 7.07. The number of nitrogens with zero attached hydrogens (tertiary/aromatic N) is 2. The fourth-order valence-electron chi connectivity index (χ4n) is 1.93. The van der Waals surface area contributed by atoms with Crippen LogP contribution in [0.4, 0.5) is 0 Å². The highest BCUT2D eigenvalue weighted by molar-refractivity contribution is 5.05. The summed E-state index contributed by atoms with van der Waals surface area (Å²) in [6.45, 7) is 1.49. The molecule has 0 spiro atoms. The van der Waals surface area contributed by atoms with Crippen LogP contribution in [0, 0.1) is 5.92 Å². The van der Waals surface area contributed by atoms with Gasteiger partial charge in [-0.25, -0.2) is 0 Å². The number of hydrogen-bond acceptors (Lipinski definition) is 3. The Labute approximate surface area is 83.5 Å². The number of aromatic nitrogens is 2. The predicted molar refractivity (Wildman–Crippen MR) is 51.7 cm³/mol. The number of ether oxygens (including phenoxy) is 1. The van der Waals surface area contributed by atoms with Gasteiger partial charge in [-0.1, -0.05) is 0 Å². The average Bonchev–Trinajstić information content (AvgIpc) is 2.65. The molecule has 0 aliphatic carbocycles. The van der Waals surface area contributed by atoms with Crippen molar-refractivity contribution in [2.75, 3.05) is 13.2 Å². The van der Waals surface area contributed by atoms with Gasteiger partial charge in [0.25, 0.3) is 0 Å². The molecule has 1 N–H and O–H groups in total. The second-order valence-electron chi connectivity index (χ2n) is 3.80. The molecule has 1 saturated heterocycles. The van der Waals surface area contributed by atoms with Crippen LogP contribution < -0.4 is 0 Å². The molecule has 14 heavy (non-hydrogen) atoms. The molecule has 1 aliphatic rings. The molecule has 4 nitrogen and oxygen atoms in total. The van der Waals surface area contributed by atoms with Crippen molar-refractivity contribution < 1.29 is 9.84 Å². The Morgan fingerprint density at radius 1 is 1.71 bits per heavy atom. The molecule has 0 aromatic carbocycles. The second-order valence-corrected chi connectivity index (χ2v) is 3.80. The summed E-state index contributed by atoms with van der Waals surface area (Å²) in [6, 6.07) is 1.86. The SMILES string of the molecule is Cn1nccc1C(O)C1CCCOC1. The number of hydrogen-bond donors (Lipinski definition) is 1. The minimum atomic E-state index is -0.442. The van der Waals surface area contributed by atoms with E-state index in [1.807, 2.05) is 13.1 Å². The maximum atomic E-state index is 10.1. The molecule has 2 heterocycles. The summed E-state index contributed by atoms with van der Waals surface area (Å²) in [4.78, 5) is 0. The molecule has 1 aliphatic heterocycles. The van der Waals surface area contributed by atoms with E-state index < -0.39 is 6.10 Å². The van der Waals surface area contributed by atoms with Gasteiger partial charge in [0.05, 0.1) is 12.3 Å². The number of aryl methyl sites for hydroxylation is 1. The molecule has 2 rings (SSSR count). The first-order chi connectivity index (χ1) is 6.79. The zero-order valence-electron chi connectivity index (χ0n) is 8.39. The Kier molecular flexibility index (Phi) is 2.84. The maximum Gasteiger partial charge on any atom is 0.101 e. The normalized spacial score (nSPS) is 24.9. The molecule has 0 radical (unpaired) electrons. The molecule has 2 atom stereocenters. The largest absolute Gasteiger partial charge is 0.386 e. The molecule has 2 unspecified atom stereocenters. The van der Waals surface area contributed by atoms with Crippen molar-refractivity contribution in [1.29, 1.82) is 0 Å². The molecule has 1 fully saturated rings. The van der Waals surface area contributed by atoms with Crippen molar-refractivity contribution in [1.82, 2.24) is 9.78 Å². The quantitative estimate of drug-likeness (QED) is 0.763. The molecule has 1 aromatic heterocycles. The van der Waals surface area contributed by atoms with E-state index in [2.05, 4.69) is 5.10 Å². The van der Waals surface area contributed by atoms with Crippen molar-refractivity contribution in [2.45, 2.75) is 18.9 Å². The fourth-order valence-corrected chi connectivity index (χ4v) is 1.93. The average molecular weight is 196 g/mol. The van der Waals surface area contributed by atoms with Crippen molar-refractivity contribution in [2.24, 2.45) is 13.0 Å². The van der Waals surface area contributed by atoms with Crippen LogP contribution in [0.1, 0.15) is 24.6 Å². The van der Waals surface area contributed by atoms with Gasteiger partial charge in [-0.3, -0.25) is 4.68 Å². The summed E-state index contributed by atoms with van der Waals surface area (Å²) in [5.74, 6) is 0.221. The zero-order valence-corrected chi connectivity index (χ0v) is 8.39. The minimum Gasteiger partial charge on any atom is -0.386 e. The summed E-state index contributed by atoms with van der Waals surface area (Å²) in [5, 5.41) is 14.1. The van der Waals surface area contributed by atoms with Crippen LogP contribution >= 0.6 is 0 Å². The number of aliphatic hydroxyl groups is 1. The standard InChI is InChI=1S/C10H16N2O2/c1-12-9(4-5-11-12)10(13)8-3-2-6-14-7-8/h4-5,8,10,13H,2-3,6-7H2,1H3. The van der Waals surface area contributed by atoms with E-state index in [1.165, 1.54) is 0 Å². The first-order valence-corrected chi connectivity index (χ1v) is 5.03. The van der Waals surface area contributed by atoms with Gasteiger partial charge in [-0.05, 0) is 18.9 Å². The number of rotatable bonds is 2. The summed E-state index contributed by atoms with van der Waals surface area (Å²) in [6.07, 6.45) is 3.34. The van der Waals surface area contributed by atoms with E-state index in [0.717, 1.165) is 25.1 Å². The molecule has 78 valence electrons. The van der Waals surface area contributed by atoms with Crippen LogP contribution in [0.25, 0.3) is 0 Å². The van der Waals surface area contributed by atoms with Gasteiger partial charge in [-0.15, -0.1) is 0 Å². The molecule has 0 saturated carbocycles. The van der Waals surface area contributed by atoms with Crippen molar-refractivity contribution in [3.05, 3.63) is 18.0 Å². The Morgan fingerprint density at radius 2 is 2.57 bits per heavy atom. The molecule has 0 amide bonds. The lowest BCUT2D eigenvalue weighted by Crippen LogP contribution is -2.25. The van der Waals surface area contributed by atoms with Gasteiger partial charge < -0.3 is 9.84 Å². The van der Waals surface area contributed by atoms with Gasteiger partial charge in [0.2, 0.25) is 0 Å².